The van der Waals surface area contributed by atoms with E-state index < -0.39 is 11.2 Å². The quantitative estimate of drug-likeness (QED) is 0.434. The lowest BCUT2D eigenvalue weighted by atomic mass is 10.2. The Labute approximate surface area is 181 Å². The Kier molecular flexibility index (Phi) is 5.40. The van der Waals surface area contributed by atoms with E-state index in [1.807, 2.05) is 22.9 Å². The maximum absolute atomic E-state index is 13.1. The molecule has 0 atom stereocenters. The molecule has 0 bridgehead atoms. The Hall–Kier alpha value is -3.77. The number of rotatable bonds is 6. The molecule has 4 rings (SSSR count). The second-order valence-corrected chi connectivity index (χ2v) is 7.61. The van der Waals surface area contributed by atoms with Crippen molar-refractivity contribution in [2.45, 2.75) is 13.1 Å². The molecular weight excluding hydrogens is 416 g/mol. The molecule has 4 aromatic rings. The standard InChI is InChI=1S/C22H20N4O4S/c1-5-9-25-21(27)18-20(26(22(25)28)12-14-8-10-31-13-14)23-19(24(18)2)15-6-7-16(29-3)17(11-15)30-4/h1,6-8,10-11,13H,9,12H2,2-4H3. The van der Waals surface area contributed by atoms with Gasteiger partial charge in [0.25, 0.3) is 5.56 Å². The maximum atomic E-state index is 13.1. The highest BCUT2D eigenvalue weighted by atomic mass is 32.1. The van der Waals surface area contributed by atoms with Crippen LogP contribution in [0.4, 0.5) is 0 Å². The number of aromatic nitrogens is 4. The summed E-state index contributed by atoms with van der Waals surface area (Å²) in [6.45, 7) is 0.167. The van der Waals surface area contributed by atoms with Crippen LogP contribution in [0.2, 0.25) is 0 Å². The second kappa shape index (κ2) is 8.16. The predicted molar refractivity (Wildman–Crippen MR) is 120 cm³/mol. The minimum atomic E-state index is -0.487. The van der Waals surface area contributed by atoms with Gasteiger partial charge in [0, 0.05) is 12.6 Å². The summed E-state index contributed by atoms with van der Waals surface area (Å²) in [6.07, 6.45) is 5.42. The van der Waals surface area contributed by atoms with Crippen molar-refractivity contribution < 1.29 is 9.47 Å². The monoisotopic (exact) mass is 436 g/mol. The van der Waals surface area contributed by atoms with E-state index in [-0.39, 0.29) is 13.1 Å². The summed E-state index contributed by atoms with van der Waals surface area (Å²) in [6, 6.07) is 7.30. The lowest BCUT2D eigenvalue weighted by Crippen LogP contribution is -2.40. The number of methoxy groups -OCH3 is 2. The van der Waals surface area contributed by atoms with Gasteiger partial charge in [-0.15, -0.1) is 6.42 Å². The summed E-state index contributed by atoms with van der Waals surface area (Å²) < 4.78 is 14.9. The summed E-state index contributed by atoms with van der Waals surface area (Å²) in [7, 11) is 4.85. The van der Waals surface area contributed by atoms with Crippen molar-refractivity contribution in [1.82, 2.24) is 18.7 Å². The van der Waals surface area contributed by atoms with Gasteiger partial charge < -0.3 is 14.0 Å². The molecule has 0 spiro atoms. The number of imidazole rings is 1. The summed E-state index contributed by atoms with van der Waals surface area (Å²) in [5, 5.41) is 3.88. The lowest BCUT2D eigenvalue weighted by Gasteiger charge is -2.10. The molecule has 1 aromatic carbocycles. The summed E-state index contributed by atoms with van der Waals surface area (Å²) in [5.74, 6) is 4.03. The molecule has 3 heterocycles. The number of hydrogen-bond donors (Lipinski definition) is 0. The zero-order valence-corrected chi connectivity index (χ0v) is 18.1. The van der Waals surface area contributed by atoms with Crippen molar-refractivity contribution in [3.63, 3.8) is 0 Å². The fraction of sp³-hybridized carbons (Fsp3) is 0.227. The Morgan fingerprint density at radius 2 is 1.90 bits per heavy atom. The zero-order valence-electron chi connectivity index (χ0n) is 17.3. The average Bonchev–Trinajstić information content (AvgIpc) is 3.41. The third kappa shape index (κ3) is 3.41. The minimum absolute atomic E-state index is 0.117. The Bertz CT molecular complexity index is 1420. The number of benzene rings is 1. The summed E-state index contributed by atoms with van der Waals surface area (Å²) in [4.78, 5) is 30.9. The second-order valence-electron chi connectivity index (χ2n) is 6.83. The fourth-order valence-electron chi connectivity index (χ4n) is 3.53. The molecule has 0 fully saturated rings. The molecule has 0 aliphatic rings. The van der Waals surface area contributed by atoms with Crippen LogP contribution >= 0.6 is 11.3 Å². The number of aryl methyl sites for hydroxylation is 1. The molecular formula is C22H20N4O4S. The number of hydrogen-bond acceptors (Lipinski definition) is 6. The zero-order chi connectivity index (χ0) is 22.1. The van der Waals surface area contributed by atoms with Crippen molar-refractivity contribution in [3.05, 3.63) is 61.4 Å². The first-order valence-electron chi connectivity index (χ1n) is 9.37. The molecule has 9 heteroatoms. The topological polar surface area (TPSA) is 80.3 Å². The van der Waals surface area contributed by atoms with Crippen molar-refractivity contribution >= 4 is 22.5 Å². The first kappa shape index (κ1) is 20.5. The van der Waals surface area contributed by atoms with Crippen molar-refractivity contribution in [2.24, 2.45) is 7.05 Å². The van der Waals surface area contributed by atoms with Gasteiger partial charge in [0.1, 0.15) is 5.82 Å². The molecule has 3 aromatic heterocycles. The number of terminal acetylenes is 1. The molecule has 158 valence electrons. The van der Waals surface area contributed by atoms with Crippen LogP contribution in [0.15, 0.2) is 44.6 Å². The van der Waals surface area contributed by atoms with E-state index in [0.717, 1.165) is 10.1 Å². The van der Waals surface area contributed by atoms with Gasteiger partial charge >= 0.3 is 5.69 Å². The van der Waals surface area contributed by atoms with Crippen LogP contribution < -0.4 is 20.7 Å². The van der Waals surface area contributed by atoms with E-state index in [2.05, 4.69) is 10.9 Å². The van der Waals surface area contributed by atoms with Crippen LogP contribution in [0.5, 0.6) is 11.5 Å². The molecule has 0 aliphatic heterocycles. The number of fused-ring (bicyclic) bond motifs is 1. The van der Waals surface area contributed by atoms with E-state index >= 15 is 0 Å². The molecule has 0 saturated heterocycles. The van der Waals surface area contributed by atoms with E-state index in [9.17, 15) is 9.59 Å². The lowest BCUT2D eigenvalue weighted by molar-refractivity contribution is 0.355. The van der Waals surface area contributed by atoms with Gasteiger partial charge in [-0.1, -0.05) is 5.92 Å². The first-order chi connectivity index (χ1) is 15.0. The molecule has 0 aliphatic carbocycles. The molecule has 31 heavy (non-hydrogen) atoms. The van der Waals surface area contributed by atoms with Gasteiger partial charge in [-0.2, -0.15) is 11.3 Å². The maximum Gasteiger partial charge on any atom is 0.333 e. The number of ether oxygens (including phenoxy) is 2. The average molecular weight is 436 g/mol. The Morgan fingerprint density at radius 1 is 1.13 bits per heavy atom. The molecule has 0 saturated carbocycles. The highest BCUT2D eigenvalue weighted by Gasteiger charge is 2.21. The van der Waals surface area contributed by atoms with Crippen molar-refractivity contribution in [2.75, 3.05) is 14.2 Å². The Balaban J connectivity index is 2.02. The van der Waals surface area contributed by atoms with Crippen LogP contribution in [0.1, 0.15) is 5.56 Å². The van der Waals surface area contributed by atoms with Crippen molar-refractivity contribution in [1.29, 1.82) is 0 Å². The van der Waals surface area contributed by atoms with Crippen LogP contribution in [0, 0.1) is 12.3 Å². The van der Waals surface area contributed by atoms with Gasteiger partial charge in [0.2, 0.25) is 0 Å². The molecule has 0 unspecified atom stereocenters. The molecule has 8 nitrogen and oxygen atoms in total. The van der Waals surface area contributed by atoms with Gasteiger partial charge in [-0.25, -0.2) is 14.3 Å². The molecule has 0 N–H and O–H groups in total. The minimum Gasteiger partial charge on any atom is -0.493 e. The van der Waals surface area contributed by atoms with Gasteiger partial charge in [0.05, 0.1) is 27.3 Å². The number of thiophene rings is 1. The predicted octanol–water partition coefficient (Wildman–Crippen LogP) is 2.32. The van der Waals surface area contributed by atoms with Crippen LogP contribution in [0.3, 0.4) is 0 Å². The van der Waals surface area contributed by atoms with Crippen LogP contribution in [-0.4, -0.2) is 32.9 Å². The van der Waals surface area contributed by atoms with Crippen LogP contribution in [-0.2, 0) is 20.1 Å². The molecule has 0 radical (unpaired) electrons. The summed E-state index contributed by atoms with van der Waals surface area (Å²) >= 11 is 1.53. The summed E-state index contributed by atoms with van der Waals surface area (Å²) in [5.41, 5.74) is 1.31. The third-order valence-electron chi connectivity index (χ3n) is 5.05. The largest absolute Gasteiger partial charge is 0.493 e. The van der Waals surface area contributed by atoms with Gasteiger partial charge in [0.15, 0.2) is 22.7 Å². The van der Waals surface area contributed by atoms with E-state index in [0.29, 0.717) is 34.1 Å². The third-order valence-corrected chi connectivity index (χ3v) is 5.79. The SMILES string of the molecule is C#CCn1c(=O)c2c(nc(-c3ccc(OC)c(OC)c3)n2C)n(Cc2ccsc2)c1=O. The van der Waals surface area contributed by atoms with Crippen molar-refractivity contribution in [3.8, 4) is 35.2 Å². The number of nitrogens with zero attached hydrogens (tertiary/aromatic N) is 4. The molecule has 0 amide bonds. The normalized spacial score (nSPS) is 10.9. The fourth-order valence-corrected chi connectivity index (χ4v) is 4.19. The van der Waals surface area contributed by atoms with Gasteiger partial charge in [-0.05, 0) is 40.6 Å². The highest BCUT2D eigenvalue weighted by molar-refractivity contribution is 7.07. The highest BCUT2D eigenvalue weighted by Crippen LogP contribution is 2.32. The Morgan fingerprint density at radius 3 is 2.55 bits per heavy atom. The smallest absolute Gasteiger partial charge is 0.333 e. The van der Waals surface area contributed by atoms with E-state index in [4.69, 9.17) is 15.9 Å². The van der Waals surface area contributed by atoms with E-state index in [1.165, 1.54) is 15.9 Å². The van der Waals surface area contributed by atoms with E-state index in [1.54, 1.807) is 38.0 Å². The first-order valence-corrected chi connectivity index (χ1v) is 10.3. The van der Waals surface area contributed by atoms with Crippen LogP contribution in [0.25, 0.3) is 22.6 Å². The van der Waals surface area contributed by atoms with Gasteiger partial charge in [-0.3, -0.25) is 9.36 Å².